The Hall–Kier alpha value is -0.730. The molecule has 0 aliphatic heterocycles. The van der Waals surface area contributed by atoms with Crippen LogP contribution in [0.5, 0.6) is 0 Å². The molecule has 0 radical (unpaired) electrons. The van der Waals surface area contributed by atoms with Crippen LogP contribution in [0.2, 0.25) is 0 Å². The van der Waals surface area contributed by atoms with Gasteiger partial charge in [-0.15, -0.1) is 5.10 Å². The van der Waals surface area contributed by atoms with Gasteiger partial charge in [-0.3, -0.25) is 0 Å². The van der Waals surface area contributed by atoms with Crippen LogP contribution in [0.1, 0.15) is 20.3 Å². The van der Waals surface area contributed by atoms with E-state index in [0.29, 0.717) is 6.61 Å². The molecule has 0 aromatic rings. The second-order valence-corrected chi connectivity index (χ2v) is 1.52. The Morgan fingerprint density at radius 3 is 2.56 bits per heavy atom. The Kier molecular flexibility index (Phi) is 4.97. The minimum absolute atomic E-state index is 0.689. The third kappa shape index (κ3) is 3.82. The molecule has 0 amide bonds. The van der Waals surface area contributed by atoms with Crippen molar-refractivity contribution in [2.24, 2.45) is 5.10 Å². The van der Waals surface area contributed by atoms with E-state index >= 15 is 0 Å². The number of hydrazone groups is 1. The van der Waals surface area contributed by atoms with Crippen LogP contribution in [-0.4, -0.2) is 19.6 Å². The van der Waals surface area contributed by atoms with Crippen LogP contribution in [0, 0.1) is 0 Å². The largest absolute Gasteiger partial charge is 0.480 e. The standard InChI is InChI=1S/C6H14N2O/c1-4-6(8-7-3)9-5-2/h7H,4-5H2,1-3H3/b8-6-. The molecule has 0 spiro atoms. The molecule has 0 unspecified atom stereocenters. The van der Waals surface area contributed by atoms with E-state index in [9.17, 15) is 0 Å². The maximum atomic E-state index is 5.12. The van der Waals surface area contributed by atoms with Crippen LogP contribution in [0.4, 0.5) is 0 Å². The minimum atomic E-state index is 0.689. The second-order valence-electron chi connectivity index (χ2n) is 1.52. The van der Waals surface area contributed by atoms with Crippen LogP contribution in [0.3, 0.4) is 0 Å². The van der Waals surface area contributed by atoms with Gasteiger partial charge in [0, 0.05) is 13.5 Å². The molecule has 1 N–H and O–H groups in total. The molecule has 3 nitrogen and oxygen atoms in total. The Morgan fingerprint density at radius 1 is 1.56 bits per heavy atom. The van der Waals surface area contributed by atoms with Gasteiger partial charge < -0.3 is 10.2 Å². The quantitative estimate of drug-likeness (QED) is 0.351. The fraction of sp³-hybridized carbons (Fsp3) is 0.833. The van der Waals surface area contributed by atoms with E-state index in [1.807, 2.05) is 13.8 Å². The highest BCUT2D eigenvalue weighted by Gasteiger charge is 1.91. The Bertz CT molecular complexity index is 91.1. The molecule has 0 aromatic carbocycles. The van der Waals surface area contributed by atoms with E-state index in [-0.39, 0.29) is 0 Å². The second kappa shape index (κ2) is 5.41. The molecule has 0 fully saturated rings. The SMILES string of the molecule is CCO/C(CC)=N\NC. The maximum Gasteiger partial charge on any atom is 0.205 e. The lowest BCUT2D eigenvalue weighted by atomic mass is 10.5. The average molecular weight is 130 g/mol. The highest BCUT2D eigenvalue weighted by molar-refractivity contribution is 5.75. The monoisotopic (exact) mass is 130 g/mol. The summed E-state index contributed by atoms with van der Waals surface area (Å²) in [5, 5.41) is 3.88. The molecule has 0 aliphatic carbocycles. The number of nitrogens with zero attached hydrogens (tertiary/aromatic N) is 1. The zero-order valence-electron chi connectivity index (χ0n) is 6.27. The van der Waals surface area contributed by atoms with Crippen LogP contribution >= 0.6 is 0 Å². The highest BCUT2D eigenvalue weighted by Crippen LogP contribution is 1.85. The Labute approximate surface area is 56.1 Å². The van der Waals surface area contributed by atoms with Crippen molar-refractivity contribution in [3.63, 3.8) is 0 Å². The van der Waals surface area contributed by atoms with Crippen molar-refractivity contribution in [3.05, 3.63) is 0 Å². The van der Waals surface area contributed by atoms with Crippen molar-refractivity contribution in [2.45, 2.75) is 20.3 Å². The zero-order chi connectivity index (χ0) is 7.11. The minimum Gasteiger partial charge on any atom is -0.480 e. The number of hydrogen-bond donors (Lipinski definition) is 1. The van der Waals surface area contributed by atoms with Gasteiger partial charge in [0.15, 0.2) is 0 Å². The molecule has 0 saturated carbocycles. The van der Waals surface area contributed by atoms with Crippen molar-refractivity contribution >= 4 is 5.90 Å². The normalized spacial score (nSPS) is 11.2. The lowest BCUT2D eigenvalue weighted by Crippen LogP contribution is -2.08. The van der Waals surface area contributed by atoms with Crippen molar-refractivity contribution in [2.75, 3.05) is 13.7 Å². The number of nitrogens with one attached hydrogen (secondary N) is 1. The number of rotatable bonds is 3. The molecular formula is C6H14N2O. The first-order chi connectivity index (χ1) is 4.35. The van der Waals surface area contributed by atoms with Gasteiger partial charge in [0.1, 0.15) is 0 Å². The first kappa shape index (κ1) is 8.27. The van der Waals surface area contributed by atoms with Crippen molar-refractivity contribution in [1.82, 2.24) is 5.43 Å². The predicted octanol–water partition coefficient (Wildman–Crippen LogP) is 0.966. The van der Waals surface area contributed by atoms with E-state index in [1.165, 1.54) is 0 Å². The zero-order valence-corrected chi connectivity index (χ0v) is 6.27. The van der Waals surface area contributed by atoms with Gasteiger partial charge in [0.2, 0.25) is 5.90 Å². The molecule has 0 saturated heterocycles. The van der Waals surface area contributed by atoms with Crippen molar-refractivity contribution < 1.29 is 4.74 Å². The van der Waals surface area contributed by atoms with E-state index in [1.54, 1.807) is 7.05 Å². The summed E-state index contributed by atoms with van der Waals surface area (Å²) in [6.45, 7) is 4.64. The molecule has 0 atom stereocenters. The van der Waals surface area contributed by atoms with Crippen LogP contribution < -0.4 is 5.43 Å². The summed E-state index contributed by atoms with van der Waals surface area (Å²) in [6.07, 6.45) is 0.842. The average Bonchev–Trinajstić information content (AvgIpc) is 1.88. The van der Waals surface area contributed by atoms with E-state index in [4.69, 9.17) is 4.74 Å². The number of hydrogen-bond acceptors (Lipinski definition) is 3. The first-order valence-corrected chi connectivity index (χ1v) is 3.21. The van der Waals surface area contributed by atoms with Gasteiger partial charge in [-0.25, -0.2) is 0 Å². The van der Waals surface area contributed by atoms with Crippen LogP contribution in [0.25, 0.3) is 0 Å². The predicted molar refractivity (Wildman–Crippen MR) is 38.4 cm³/mol. The van der Waals surface area contributed by atoms with Gasteiger partial charge in [-0.1, -0.05) is 6.92 Å². The Balaban J connectivity index is 3.53. The smallest absolute Gasteiger partial charge is 0.205 e. The summed E-state index contributed by atoms with van der Waals surface area (Å²) < 4.78 is 5.12. The molecule has 0 heterocycles. The molecule has 9 heavy (non-hydrogen) atoms. The molecule has 0 aliphatic rings. The summed E-state index contributed by atoms with van der Waals surface area (Å²) in [5.41, 5.74) is 2.67. The molecule has 0 bridgehead atoms. The van der Waals surface area contributed by atoms with Gasteiger partial charge >= 0.3 is 0 Å². The molecular weight excluding hydrogens is 116 g/mol. The third-order valence-electron chi connectivity index (χ3n) is 0.850. The topological polar surface area (TPSA) is 33.6 Å². The van der Waals surface area contributed by atoms with Crippen LogP contribution in [-0.2, 0) is 4.74 Å². The maximum absolute atomic E-state index is 5.12. The summed E-state index contributed by atoms with van der Waals surface area (Å²) in [6, 6.07) is 0. The van der Waals surface area contributed by atoms with E-state index in [2.05, 4.69) is 10.5 Å². The summed E-state index contributed by atoms with van der Waals surface area (Å²) >= 11 is 0. The van der Waals surface area contributed by atoms with Crippen molar-refractivity contribution in [3.8, 4) is 0 Å². The molecule has 3 heteroatoms. The summed E-state index contributed by atoms with van der Waals surface area (Å²) in [4.78, 5) is 0. The van der Waals surface area contributed by atoms with Gasteiger partial charge in [0.05, 0.1) is 6.61 Å². The van der Waals surface area contributed by atoms with E-state index in [0.717, 1.165) is 12.3 Å². The first-order valence-electron chi connectivity index (χ1n) is 3.21. The van der Waals surface area contributed by atoms with Crippen LogP contribution in [0.15, 0.2) is 5.10 Å². The fourth-order valence-electron chi connectivity index (χ4n) is 0.505. The summed E-state index contributed by atoms with van der Waals surface area (Å²) in [5.74, 6) is 0.764. The lowest BCUT2D eigenvalue weighted by Gasteiger charge is -2.02. The molecule has 54 valence electrons. The molecule has 0 aromatic heterocycles. The van der Waals surface area contributed by atoms with Gasteiger partial charge in [0.25, 0.3) is 0 Å². The van der Waals surface area contributed by atoms with Gasteiger partial charge in [-0.05, 0) is 6.92 Å². The van der Waals surface area contributed by atoms with Crippen molar-refractivity contribution in [1.29, 1.82) is 0 Å². The third-order valence-corrected chi connectivity index (χ3v) is 0.850. The Morgan fingerprint density at radius 2 is 2.22 bits per heavy atom. The fourth-order valence-corrected chi connectivity index (χ4v) is 0.505. The lowest BCUT2D eigenvalue weighted by molar-refractivity contribution is 0.315. The number of ether oxygens (including phenoxy) is 1. The van der Waals surface area contributed by atoms with Gasteiger partial charge in [-0.2, -0.15) is 0 Å². The van der Waals surface area contributed by atoms with E-state index < -0.39 is 0 Å². The molecule has 0 rings (SSSR count). The summed E-state index contributed by atoms with van der Waals surface area (Å²) in [7, 11) is 1.76. The highest BCUT2D eigenvalue weighted by atomic mass is 16.5.